The molecule has 0 aliphatic carbocycles. The van der Waals surface area contributed by atoms with Gasteiger partial charge in [-0.05, 0) is 37.1 Å². The Kier molecular flexibility index (Phi) is 6.02. The number of aromatic nitrogens is 4. The van der Waals surface area contributed by atoms with Gasteiger partial charge in [-0.1, -0.05) is 12.1 Å². The first kappa shape index (κ1) is 22.0. The Labute approximate surface area is 181 Å². The van der Waals surface area contributed by atoms with Gasteiger partial charge in [-0.2, -0.15) is 9.40 Å². The molecule has 0 unspecified atom stereocenters. The van der Waals surface area contributed by atoms with Gasteiger partial charge in [-0.25, -0.2) is 13.1 Å². The molecule has 1 saturated heterocycles. The van der Waals surface area contributed by atoms with E-state index in [1.165, 1.54) is 12.1 Å². The lowest BCUT2D eigenvalue weighted by atomic mass is 10.1. The SMILES string of the molecule is O=S(=O)(c1ccccc1OC(F)(F)F)N1CCC(Oc2ccc(-n3cccn3)nn2)CC1. The second-order valence-corrected chi connectivity index (χ2v) is 8.80. The Morgan fingerprint density at radius 3 is 2.38 bits per heavy atom. The summed E-state index contributed by atoms with van der Waals surface area (Å²) in [5.41, 5.74) is 0. The summed E-state index contributed by atoms with van der Waals surface area (Å²) in [6.07, 6.45) is -1.30. The first-order valence-electron chi connectivity index (χ1n) is 9.58. The molecule has 0 bridgehead atoms. The van der Waals surface area contributed by atoms with Crippen molar-refractivity contribution in [3.05, 3.63) is 54.9 Å². The molecule has 9 nitrogen and oxygen atoms in total. The van der Waals surface area contributed by atoms with E-state index in [2.05, 4.69) is 20.0 Å². The molecule has 0 radical (unpaired) electrons. The van der Waals surface area contributed by atoms with E-state index in [9.17, 15) is 21.6 Å². The number of benzene rings is 1. The predicted octanol–water partition coefficient (Wildman–Crippen LogP) is 2.79. The standard InChI is InChI=1S/C19H18F3N5O4S/c20-19(21,22)31-15-4-1-2-5-16(15)32(28,29)26-12-8-14(9-13-26)30-18-7-6-17(24-25-18)27-11-3-10-23-27/h1-7,10-11,14H,8-9,12-13H2. The van der Waals surface area contributed by atoms with E-state index in [0.29, 0.717) is 18.7 Å². The number of para-hydroxylation sites is 1. The van der Waals surface area contributed by atoms with Gasteiger partial charge >= 0.3 is 6.36 Å². The van der Waals surface area contributed by atoms with Crippen LogP contribution in [0.15, 0.2) is 59.8 Å². The van der Waals surface area contributed by atoms with Gasteiger partial charge in [0.05, 0.1) is 0 Å². The van der Waals surface area contributed by atoms with Crippen LogP contribution in [0.2, 0.25) is 0 Å². The Morgan fingerprint density at radius 1 is 1.00 bits per heavy atom. The molecule has 3 aromatic rings. The van der Waals surface area contributed by atoms with Gasteiger partial charge in [0.1, 0.15) is 16.7 Å². The smallest absolute Gasteiger partial charge is 0.473 e. The molecule has 1 aliphatic rings. The molecule has 2 aromatic heterocycles. The molecular formula is C19H18F3N5O4S. The lowest BCUT2D eigenvalue weighted by molar-refractivity contribution is -0.275. The highest BCUT2D eigenvalue weighted by Gasteiger charge is 2.36. The maximum atomic E-state index is 12.9. The highest BCUT2D eigenvalue weighted by molar-refractivity contribution is 7.89. The van der Waals surface area contributed by atoms with E-state index in [1.807, 2.05) is 0 Å². The van der Waals surface area contributed by atoms with Crippen LogP contribution < -0.4 is 9.47 Å². The van der Waals surface area contributed by atoms with Gasteiger partial charge in [0, 0.05) is 31.5 Å². The van der Waals surface area contributed by atoms with Crippen LogP contribution in [0, 0.1) is 0 Å². The summed E-state index contributed by atoms with van der Waals surface area (Å²) in [5.74, 6) is 0.0417. The van der Waals surface area contributed by atoms with Crippen LogP contribution in [-0.4, -0.2) is 58.3 Å². The normalized spacial score (nSPS) is 16.1. The summed E-state index contributed by atoms with van der Waals surface area (Å²) < 4.78 is 76.1. The fraction of sp³-hybridized carbons (Fsp3) is 0.316. The minimum Gasteiger partial charge on any atom is -0.473 e. The number of rotatable bonds is 6. The molecule has 4 rings (SSSR count). The van der Waals surface area contributed by atoms with Crippen molar-refractivity contribution >= 4 is 10.0 Å². The summed E-state index contributed by atoms with van der Waals surface area (Å²) in [7, 11) is -4.18. The Hall–Kier alpha value is -3.19. The molecule has 0 atom stereocenters. The average Bonchev–Trinajstić information content (AvgIpc) is 3.29. The van der Waals surface area contributed by atoms with Gasteiger partial charge in [0.2, 0.25) is 15.9 Å². The van der Waals surface area contributed by atoms with Gasteiger partial charge in [0.15, 0.2) is 5.82 Å². The molecule has 0 spiro atoms. The van der Waals surface area contributed by atoms with E-state index < -0.39 is 27.0 Å². The van der Waals surface area contributed by atoms with E-state index in [4.69, 9.17) is 4.74 Å². The van der Waals surface area contributed by atoms with Crippen molar-refractivity contribution in [1.82, 2.24) is 24.3 Å². The number of hydrogen-bond acceptors (Lipinski definition) is 7. The second kappa shape index (κ2) is 8.74. The number of nitrogens with zero attached hydrogens (tertiary/aromatic N) is 5. The van der Waals surface area contributed by atoms with Crippen molar-refractivity contribution in [2.75, 3.05) is 13.1 Å². The predicted molar refractivity (Wildman–Crippen MR) is 105 cm³/mol. The van der Waals surface area contributed by atoms with Crippen LogP contribution in [-0.2, 0) is 10.0 Å². The van der Waals surface area contributed by atoms with Gasteiger partial charge < -0.3 is 9.47 Å². The van der Waals surface area contributed by atoms with Crippen molar-refractivity contribution in [1.29, 1.82) is 0 Å². The van der Waals surface area contributed by atoms with Crippen LogP contribution in [0.1, 0.15) is 12.8 Å². The quantitative estimate of drug-likeness (QED) is 0.547. The third kappa shape index (κ3) is 4.99. The minimum atomic E-state index is -5.00. The topological polar surface area (TPSA) is 99.4 Å². The second-order valence-electron chi connectivity index (χ2n) is 6.90. The highest BCUT2D eigenvalue weighted by atomic mass is 32.2. The molecule has 1 aromatic carbocycles. The molecule has 0 N–H and O–H groups in total. The highest BCUT2D eigenvalue weighted by Crippen LogP contribution is 2.32. The number of sulfonamides is 1. The lowest BCUT2D eigenvalue weighted by Gasteiger charge is -2.31. The first-order chi connectivity index (χ1) is 15.2. The first-order valence-corrected chi connectivity index (χ1v) is 11.0. The summed E-state index contributed by atoms with van der Waals surface area (Å²) in [5, 5.41) is 12.1. The van der Waals surface area contributed by atoms with Gasteiger partial charge in [-0.15, -0.1) is 23.4 Å². The molecule has 3 heterocycles. The van der Waals surface area contributed by atoms with E-state index in [-0.39, 0.29) is 25.1 Å². The van der Waals surface area contributed by atoms with Crippen LogP contribution in [0.3, 0.4) is 0 Å². The summed E-state index contributed by atoms with van der Waals surface area (Å²) in [6.45, 7) is 0.151. The summed E-state index contributed by atoms with van der Waals surface area (Å²) in [4.78, 5) is -0.531. The number of ether oxygens (including phenoxy) is 2. The largest absolute Gasteiger partial charge is 0.573 e. The van der Waals surface area contributed by atoms with Crippen molar-refractivity contribution in [3.63, 3.8) is 0 Å². The van der Waals surface area contributed by atoms with Crippen LogP contribution in [0.4, 0.5) is 13.2 Å². The lowest BCUT2D eigenvalue weighted by Crippen LogP contribution is -2.42. The Balaban J connectivity index is 1.39. The molecular weight excluding hydrogens is 451 g/mol. The van der Waals surface area contributed by atoms with Gasteiger partial charge in [-0.3, -0.25) is 0 Å². The zero-order valence-electron chi connectivity index (χ0n) is 16.5. The number of halogens is 3. The van der Waals surface area contributed by atoms with Crippen LogP contribution in [0.5, 0.6) is 11.6 Å². The molecule has 1 aliphatic heterocycles. The maximum absolute atomic E-state index is 12.9. The van der Waals surface area contributed by atoms with Crippen molar-refractivity contribution in [3.8, 4) is 17.4 Å². The average molecular weight is 469 g/mol. The van der Waals surface area contributed by atoms with Crippen molar-refractivity contribution in [2.45, 2.75) is 30.2 Å². The third-order valence-corrected chi connectivity index (χ3v) is 6.68. The fourth-order valence-electron chi connectivity index (χ4n) is 3.27. The maximum Gasteiger partial charge on any atom is 0.573 e. The van der Waals surface area contributed by atoms with Crippen molar-refractivity contribution in [2.24, 2.45) is 0 Å². The summed E-state index contributed by atoms with van der Waals surface area (Å²) >= 11 is 0. The Morgan fingerprint density at radius 2 is 1.75 bits per heavy atom. The monoisotopic (exact) mass is 469 g/mol. The Bertz CT molecular complexity index is 1150. The van der Waals surface area contributed by atoms with Crippen LogP contribution >= 0.6 is 0 Å². The van der Waals surface area contributed by atoms with Crippen LogP contribution in [0.25, 0.3) is 5.82 Å². The molecule has 32 heavy (non-hydrogen) atoms. The van der Waals surface area contributed by atoms with Gasteiger partial charge in [0.25, 0.3) is 0 Å². The zero-order valence-corrected chi connectivity index (χ0v) is 17.3. The molecule has 0 amide bonds. The molecule has 13 heteroatoms. The van der Waals surface area contributed by atoms with E-state index in [1.54, 1.807) is 35.3 Å². The molecule has 0 saturated carbocycles. The van der Waals surface area contributed by atoms with Crippen molar-refractivity contribution < 1.29 is 31.1 Å². The molecule has 1 fully saturated rings. The zero-order chi connectivity index (χ0) is 22.8. The third-order valence-electron chi connectivity index (χ3n) is 4.75. The minimum absolute atomic E-state index is 0.0755. The van der Waals surface area contributed by atoms with E-state index in [0.717, 1.165) is 16.4 Å². The molecule has 170 valence electrons. The van der Waals surface area contributed by atoms with E-state index >= 15 is 0 Å². The number of alkyl halides is 3. The summed E-state index contributed by atoms with van der Waals surface area (Å²) in [6, 6.07) is 9.76. The number of hydrogen-bond donors (Lipinski definition) is 0. The number of piperidine rings is 1. The fourth-order valence-corrected chi connectivity index (χ4v) is 4.86.